The molecule has 8 heteroatoms. The summed E-state index contributed by atoms with van der Waals surface area (Å²) in [5.41, 5.74) is 0.759. The number of hydrogen-bond acceptors (Lipinski definition) is 7. The van der Waals surface area contributed by atoms with Gasteiger partial charge in [0.1, 0.15) is 16.4 Å². The van der Waals surface area contributed by atoms with E-state index in [1.54, 1.807) is 24.3 Å². The van der Waals surface area contributed by atoms with Crippen LogP contribution in [0.4, 0.5) is 0 Å². The normalized spacial score (nSPS) is 11.9. The highest BCUT2D eigenvalue weighted by atomic mass is 32.1. The highest BCUT2D eigenvalue weighted by Gasteiger charge is 2.11. The Bertz CT molecular complexity index is 1340. The van der Waals surface area contributed by atoms with Gasteiger partial charge in [-0.15, -0.1) is 22.7 Å². The molecule has 0 spiro atoms. The van der Waals surface area contributed by atoms with E-state index in [9.17, 15) is 4.79 Å². The molecular formula is C19H12N4O2S2. The van der Waals surface area contributed by atoms with Crippen molar-refractivity contribution in [2.45, 2.75) is 6.92 Å². The molecule has 0 aliphatic carbocycles. The van der Waals surface area contributed by atoms with Gasteiger partial charge >= 0.3 is 0 Å². The number of thiazole rings is 1. The maximum Gasteiger partial charge on any atom is 0.282 e. The lowest BCUT2D eigenvalue weighted by atomic mass is 10.3. The zero-order valence-electron chi connectivity index (χ0n) is 14.1. The second kappa shape index (κ2) is 6.26. The summed E-state index contributed by atoms with van der Waals surface area (Å²) in [6.07, 6.45) is 1.52. The van der Waals surface area contributed by atoms with Crippen LogP contribution in [0.2, 0.25) is 0 Å². The first kappa shape index (κ1) is 16.1. The van der Waals surface area contributed by atoms with Crippen LogP contribution in [0.3, 0.4) is 0 Å². The van der Waals surface area contributed by atoms with E-state index in [1.165, 1.54) is 22.2 Å². The van der Waals surface area contributed by atoms with Crippen LogP contribution >= 0.6 is 22.7 Å². The third kappa shape index (κ3) is 2.79. The highest BCUT2D eigenvalue weighted by molar-refractivity contribution is 7.21. The van der Waals surface area contributed by atoms with Crippen LogP contribution in [-0.2, 0) is 0 Å². The Morgan fingerprint density at radius 2 is 2.04 bits per heavy atom. The number of benzene rings is 1. The summed E-state index contributed by atoms with van der Waals surface area (Å²) in [5, 5.41) is 7.49. The van der Waals surface area contributed by atoms with E-state index >= 15 is 0 Å². The number of aromatic nitrogens is 3. The summed E-state index contributed by atoms with van der Waals surface area (Å²) in [5.74, 6) is 1.75. The third-order valence-electron chi connectivity index (χ3n) is 4.07. The van der Waals surface area contributed by atoms with Gasteiger partial charge in [-0.2, -0.15) is 9.78 Å². The lowest BCUT2D eigenvalue weighted by molar-refractivity contribution is 0.573. The van der Waals surface area contributed by atoms with Crippen molar-refractivity contribution in [1.29, 1.82) is 0 Å². The minimum atomic E-state index is -0.187. The quantitative estimate of drug-likeness (QED) is 0.423. The van der Waals surface area contributed by atoms with E-state index in [0.29, 0.717) is 22.7 Å². The number of rotatable bonds is 3. The first-order valence-electron chi connectivity index (χ1n) is 8.16. The average Bonchev–Trinajstić information content (AvgIpc) is 3.39. The molecule has 4 aromatic heterocycles. The van der Waals surface area contributed by atoms with Gasteiger partial charge in [-0.25, -0.2) is 9.97 Å². The second-order valence-electron chi connectivity index (χ2n) is 5.85. The summed E-state index contributed by atoms with van der Waals surface area (Å²) < 4.78 is 8.23. The number of para-hydroxylation sites is 1. The molecule has 0 unspecified atom stereocenters. The van der Waals surface area contributed by atoms with Crippen LogP contribution in [0.15, 0.2) is 62.2 Å². The molecule has 0 bridgehead atoms. The van der Waals surface area contributed by atoms with Crippen LogP contribution in [-0.4, -0.2) is 20.9 Å². The topological polar surface area (TPSA) is 73.3 Å². The van der Waals surface area contributed by atoms with E-state index in [4.69, 9.17) is 4.42 Å². The van der Waals surface area contributed by atoms with Crippen molar-refractivity contribution >= 4 is 49.3 Å². The molecule has 0 aliphatic rings. The molecule has 0 radical (unpaired) electrons. The van der Waals surface area contributed by atoms with Crippen LogP contribution < -0.4 is 5.56 Å². The predicted molar refractivity (Wildman–Crippen MR) is 109 cm³/mol. The Kier molecular flexibility index (Phi) is 3.73. The van der Waals surface area contributed by atoms with Crippen molar-refractivity contribution in [1.82, 2.24) is 14.6 Å². The highest BCUT2D eigenvalue weighted by Crippen LogP contribution is 2.30. The van der Waals surface area contributed by atoms with Gasteiger partial charge in [0.2, 0.25) is 0 Å². The summed E-state index contributed by atoms with van der Waals surface area (Å²) in [6.45, 7) is 1.76. The summed E-state index contributed by atoms with van der Waals surface area (Å²) in [6, 6.07) is 13.4. The average molecular weight is 392 g/mol. The molecule has 0 atom stereocenters. The zero-order chi connectivity index (χ0) is 18.4. The Hall–Kier alpha value is -3.10. The van der Waals surface area contributed by atoms with Crippen LogP contribution in [0.1, 0.15) is 11.6 Å². The van der Waals surface area contributed by atoms with Crippen LogP contribution in [0, 0.1) is 6.92 Å². The summed E-state index contributed by atoms with van der Waals surface area (Å²) in [4.78, 5) is 22.3. The van der Waals surface area contributed by atoms with Crippen LogP contribution in [0.5, 0.6) is 0 Å². The fourth-order valence-corrected chi connectivity index (χ4v) is 4.50. The van der Waals surface area contributed by atoms with E-state index in [2.05, 4.69) is 15.1 Å². The van der Waals surface area contributed by atoms with E-state index < -0.39 is 0 Å². The summed E-state index contributed by atoms with van der Waals surface area (Å²) >= 11 is 3.01. The molecule has 0 N–H and O–H groups in total. The van der Waals surface area contributed by atoms with Crippen molar-refractivity contribution in [3.8, 4) is 10.8 Å². The van der Waals surface area contributed by atoms with E-state index in [-0.39, 0.29) is 5.56 Å². The molecule has 6 nitrogen and oxygen atoms in total. The largest absolute Gasteiger partial charge is 0.453 e. The molecule has 27 heavy (non-hydrogen) atoms. The number of furan rings is 1. The van der Waals surface area contributed by atoms with Gasteiger partial charge in [-0.3, -0.25) is 4.79 Å². The third-order valence-corrected chi connectivity index (χ3v) is 5.93. The molecule has 132 valence electrons. The minimum absolute atomic E-state index is 0.187. The Morgan fingerprint density at radius 3 is 2.93 bits per heavy atom. The van der Waals surface area contributed by atoms with Crippen molar-refractivity contribution in [2.24, 2.45) is 5.10 Å². The van der Waals surface area contributed by atoms with Gasteiger partial charge in [0, 0.05) is 0 Å². The number of aryl methyl sites for hydroxylation is 1. The standard InChI is InChI=1S/C19H12N4O2S2/c1-11-21-17-13(8-9-26-17)19(24)23(11)20-10-12-6-7-15(25-12)18-22-14-4-2-3-5-16(14)27-18/h2-10H,1H3/b20-10-. The molecule has 5 aromatic rings. The van der Waals surface area contributed by atoms with E-state index in [0.717, 1.165) is 20.1 Å². The number of thiophene rings is 1. The Labute approximate surface area is 161 Å². The smallest absolute Gasteiger partial charge is 0.282 e. The second-order valence-corrected chi connectivity index (χ2v) is 7.77. The van der Waals surface area contributed by atoms with Crippen molar-refractivity contribution in [2.75, 3.05) is 0 Å². The van der Waals surface area contributed by atoms with Crippen molar-refractivity contribution in [3.63, 3.8) is 0 Å². The van der Waals surface area contributed by atoms with E-state index in [1.807, 2.05) is 41.8 Å². The minimum Gasteiger partial charge on any atom is -0.453 e. The van der Waals surface area contributed by atoms with Gasteiger partial charge in [0.25, 0.3) is 5.56 Å². The monoisotopic (exact) mass is 392 g/mol. The fraction of sp³-hybridized carbons (Fsp3) is 0.0526. The number of hydrogen-bond donors (Lipinski definition) is 0. The van der Waals surface area contributed by atoms with Gasteiger partial charge in [0.15, 0.2) is 10.8 Å². The molecule has 0 fully saturated rings. The number of nitrogens with zero attached hydrogens (tertiary/aromatic N) is 4. The Balaban J connectivity index is 1.49. The van der Waals surface area contributed by atoms with Crippen LogP contribution in [0.25, 0.3) is 31.2 Å². The van der Waals surface area contributed by atoms with Gasteiger partial charge in [0.05, 0.1) is 21.8 Å². The Morgan fingerprint density at radius 1 is 1.15 bits per heavy atom. The first-order valence-corrected chi connectivity index (χ1v) is 9.86. The summed E-state index contributed by atoms with van der Waals surface area (Å²) in [7, 11) is 0. The fourth-order valence-electron chi connectivity index (χ4n) is 2.77. The molecule has 0 aliphatic heterocycles. The molecule has 4 heterocycles. The predicted octanol–water partition coefficient (Wildman–Crippen LogP) is 4.52. The molecule has 0 saturated heterocycles. The molecular weight excluding hydrogens is 380 g/mol. The first-order chi connectivity index (χ1) is 13.2. The van der Waals surface area contributed by atoms with Crippen molar-refractivity contribution in [3.05, 3.63) is 69.8 Å². The van der Waals surface area contributed by atoms with Gasteiger partial charge in [-0.1, -0.05) is 12.1 Å². The number of fused-ring (bicyclic) bond motifs is 2. The maximum atomic E-state index is 12.5. The molecule has 1 aromatic carbocycles. The van der Waals surface area contributed by atoms with Gasteiger partial charge in [-0.05, 0) is 42.6 Å². The zero-order valence-corrected chi connectivity index (χ0v) is 15.8. The molecule has 0 saturated carbocycles. The van der Waals surface area contributed by atoms with Gasteiger partial charge < -0.3 is 4.42 Å². The lowest BCUT2D eigenvalue weighted by Crippen LogP contribution is -2.19. The molecule has 5 rings (SSSR count). The lowest BCUT2D eigenvalue weighted by Gasteiger charge is -2.01. The maximum absolute atomic E-state index is 12.5. The molecule has 0 amide bonds. The SMILES string of the molecule is Cc1nc2sccc2c(=O)n1/N=C\c1ccc(-c2nc3ccccc3s2)o1. The van der Waals surface area contributed by atoms with Crippen molar-refractivity contribution < 1.29 is 4.42 Å².